The summed E-state index contributed by atoms with van der Waals surface area (Å²) in [6.45, 7) is 1.80. The van der Waals surface area contributed by atoms with Gasteiger partial charge >= 0.3 is 0 Å². The molecule has 1 unspecified atom stereocenters. The fraction of sp³-hybridized carbons (Fsp3) is 0.188. The number of hydrogen-bond donors (Lipinski definition) is 2. The lowest BCUT2D eigenvalue weighted by atomic mass is 10.1. The summed E-state index contributed by atoms with van der Waals surface area (Å²) in [5, 5.41) is 5.53. The molecule has 1 heterocycles. The van der Waals surface area contributed by atoms with Crippen LogP contribution in [0.25, 0.3) is 0 Å². The molecular formula is C16H17N3O2. The number of carbonyl (C=O) groups excluding carboxylic acids is 2. The molecule has 0 radical (unpaired) electrons. The number of hydrogen-bond acceptors (Lipinski definition) is 3. The lowest BCUT2D eigenvalue weighted by Crippen LogP contribution is -2.35. The third-order valence-corrected chi connectivity index (χ3v) is 2.85. The van der Waals surface area contributed by atoms with Crippen molar-refractivity contribution in [1.82, 2.24) is 10.3 Å². The van der Waals surface area contributed by atoms with Crippen molar-refractivity contribution < 1.29 is 9.59 Å². The molecule has 0 aliphatic carbocycles. The zero-order chi connectivity index (χ0) is 15.1. The van der Waals surface area contributed by atoms with Crippen molar-refractivity contribution in [2.24, 2.45) is 0 Å². The summed E-state index contributed by atoms with van der Waals surface area (Å²) >= 11 is 0. The Morgan fingerprint density at radius 1 is 1.14 bits per heavy atom. The van der Waals surface area contributed by atoms with Crippen molar-refractivity contribution in [1.29, 1.82) is 0 Å². The highest BCUT2D eigenvalue weighted by atomic mass is 16.2. The number of benzene rings is 1. The van der Waals surface area contributed by atoms with E-state index in [4.69, 9.17) is 0 Å². The molecule has 0 aliphatic rings. The first-order valence-corrected chi connectivity index (χ1v) is 6.71. The van der Waals surface area contributed by atoms with E-state index in [9.17, 15) is 9.59 Å². The maximum absolute atomic E-state index is 11.9. The van der Waals surface area contributed by atoms with Crippen LogP contribution in [0.1, 0.15) is 23.7 Å². The maximum atomic E-state index is 11.9. The zero-order valence-corrected chi connectivity index (χ0v) is 11.7. The van der Waals surface area contributed by atoms with Crippen molar-refractivity contribution in [2.75, 3.05) is 5.32 Å². The summed E-state index contributed by atoms with van der Waals surface area (Å²) in [4.78, 5) is 27.7. The van der Waals surface area contributed by atoms with Gasteiger partial charge in [-0.1, -0.05) is 18.2 Å². The quantitative estimate of drug-likeness (QED) is 0.884. The van der Waals surface area contributed by atoms with Crippen LogP contribution in [0.4, 0.5) is 5.69 Å². The third-order valence-electron chi connectivity index (χ3n) is 2.85. The second kappa shape index (κ2) is 7.19. The Morgan fingerprint density at radius 3 is 2.57 bits per heavy atom. The molecule has 0 aliphatic heterocycles. The Morgan fingerprint density at radius 2 is 1.90 bits per heavy atom. The van der Waals surface area contributed by atoms with Crippen molar-refractivity contribution in [3.8, 4) is 0 Å². The minimum absolute atomic E-state index is 0.163. The predicted octanol–water partition coefficient (Wildman–Crippen LogP) is 2.23. The fourth-order valence-corrected chi connectivity index (χ4v) is 1.87. The van der Waals surface area contributed by atoms with Crippen molar-refractivity contribution in [3.05, 3.63) is 60.4 Å². The SMILES string of the molecule is CC(CC(=O)Nc1cccnc1)NC(=O)c1ccccc1. The molecule has 0 saturated heterocycles. The normalized spacial score (nSPS) is 11.5. The van der Waals surface area contributed by atoms with E-state index in [0.29, 0.717) is 11.3 Å². The van der Waals surface area contributed by atoms with Crippen molar-refractivity contribution in [3.63, 3.8) is 0 Å². The molecular weight excluding hydrogens is 266 g/mol. The van der Waals surface area contributed by atoms with E-state index in [1.54, 1.807) is 55.7 Å². The van der Waals surface area contributed by atoms with E-state index >= 15 is 0 Å². The van der Waals surface area contributed by atoms with Crippen LogP contribution < -0.4 is 10.6 Å². The number of amides is 2. The second-order valence-electron chi connectivity index (χ2n) is 4.73. The molecule has 0 saturated carbocycles. The third kappa shape index (κ3) is 4.72. The van der Waals surface area contributed by atoms with E-state index < -0.39 is 0 Å². The summed E-state index contributed by atoms with van der Waals surface area (Å²) < 4.78 is 0. The van der Waals surface area contributed by atoms with Gasteiger partial charge in [0, 0.05) is 24.2 Å². The topological polar surface area (TPSA) is 71.1 Å². The second-order valence-corrected chi connectivity index (χ2v) is 4.73. The molecule has 1 aromatic heterocycles. The number of carbonyl (C=O) groups is 2. The molecule has 5 nitrogen and oxygen atoms in total. The number of rotatable bonds is 5. The average Bonchev–Trinajstić information content (AvgIpc) is 2.48. The van der Waals surface area contributed by atoms with Gasteiger partial charge in [0.05, 0.1) is 11.9 Å². The van der Waals surface area contributed by atoms with Crippen LogP contribution in [0.5, 0.6) is 0 Å². The largest absolute Gasteiger partial charge is 0.349 e. The van der Waals surface area contributed by atoms with Gasteiger partial charge in [0.2, 0.25) is 5.91 Å². The monoisotopic (exact) mass is 283 g/mol. The zero-order valence-electron chi connectivity index (χ0n) is 11.7. The minimum atomic E-state index is -0.255. The predicted molar refractivity (Wildman–Crippen MR) is 80.9 cm³/mol. The van der Waals surface area contributed by atoms with E-state index in [2.05, 4.69) is 15.6 Å². The smallest absolute Gasteiger partial charge is 0.251 e. The highest BCUT2D eigenvalue weighted by Gasteiger charge is 2.13. The first kappa shape index (κ1) is 14.7. The van der Waals surface area contributed by atoms with Crippen LogP contribution in [0.2, 0.25) is 0 Å². The standard InChI is InChI=1S/C16H17N3O2/c1-12(18-16(21)13-6-3-2-4-7-13)10-15(20)19-14-8-5-9-17-11-14/h2-9,11-12H,10H2,1H3,(H,18,21)(H,19,20). The first-order chi connectivity index (χ1) is 10.1. The van der Waals surface area contributed by atoms with Crippen LogP contribution in [0.15, 0.2) is 54.9 Å². The summed E-state index contributed by atoms with van der Waals surface area (Å²) in [5.41, 5.74) is 1.22. The van der Waals surface area contributed by atoms with E-state index in [1.807, 2.05) is 6.07 Å². The van der Waals surface area contributed by atoms with Gasteiger partial charge in [-0.3, -0.25) is 14.6 Å². The van der Waals surface area contributed by atoms with Gasteiger partial charge in [-0.15, -0.1) is 0 Å². The molecule has 2 N–H and O–H groups in total. The van der Waals surface area contributed by atoms with E-state index in [1.165, 1.54) is 0 Å². The van der Waals surface area contributed by atoms with Gasteiger partial charge in [0.1, 0.15) is 0 Å². The Labute approximate surface area is 123 Å². The summed E-state index contributed by atoms with van der Waals surface area (Å²) in [6.07, 6.45) is 3.41. The number of anilines is 1. The fourth-order valence-electron chi connectivity index (χ4n) is 1.87. The minimum Gasteiger partial charge on any atom is -0.349 e. The van der Waals surface area contributed by atoms with Crippen molar-refractivity contribution in [2.45, 2.75) is 19.4 Å². The van der Waals surface area contributed by atoms with E-state index in [0.717, 1.165) is 0 Å². The van der Waals surface area contributed by atoms with Gasteiger partial charge in [0.25, 0.3) is 5.91 Å². The number of pyridine rings is 1. The van der Waals surface area contributed by atoms with Gasteiger partial charge in [0.15, 0.2) is 0 Å². The average molecular weight is 283 g/mol. The molecule has 2 aromatic rings. The summed E-state index contributed by atoms with van der Waals surface area (Å²) in [6, 6.07) is 12.2. The van der Waals surface area contributed by atoms with Crippen LogP contribution in [-0.2, 0) is 4.79 Å². The maximum Gasteiger partial charge on any atom is 0.251 e. The van der Waals surface area contributed by atoms with Crippen molar-refractivity contribution >= 4 is 17.5 Å². The Hall–Kier alpha value is -2.69. The molecule has 1 atom stereocenters. The molecule has 0 bridgehead atoms. The van der Waals surface area contributed by atoms with Crippen LogP contribution >= 0.6 is 0 Å². The van der Waals surface area contributed by atoms with Crippen LogP contribution in [0.3, 0.4) is 0 Å². The lowest BCUT2D eigenvalue weighted by molar-refractivity contribution is -0.116. The van der Waals surface area contributed by atoms with Gasteiger partial charge in [-0.2, -0.15) is 0 Å². The highest BCUT2D eigenvalue weighted by Crippen LogP contribution is 2.05. The van der Waals surface area contributed by atoms with Gasteiger partial charge < -0.3 is 10.6 Å². The molecule has 5 heteroatoms. The summed E-state index contributed by atoms with van der Waals surface area (Å²) in [7, 11) is 0. The summed E-state index contributed by atoms with van der Waals surface area (Å²) in [5.74, 6) is -0.346. The molecule has 0 spiro atoms. The molecule has 108 valence electrons. The van der Waals surface area contributed by atoms with Crippen LogP contribution in [0, 0.1) is 0 Å². The highest BCUT2D eigenvalue weighted by molar-refractivity contribution is 5.95. The van der Waals surface area contributed by atoms with E-state index in [-0.39, 0.29) is 24.3 Å². The number of nitrogens with one attached hydrogen (secondary N) is 2. The molecule has 0 fully saturated rings. The molecule has 2 rings (SSSR count). The van der Waals surface area contributed by atoms with Gasteiger partial charge in [-0.25, -0.2) is 0 Å². The number of aromatic nitrogens is 1. The van der Waals surface area contributed by atoms with Crippen LogP contribution in [-0.4, -0.2) is 22.8 Å². The number of nitrogens with zero attached hydrogens (tertiary/aromatic N) is 1. The molecule has 21 heavy (non-hydrogen) atoms. The first-order valence-electron chi connectivity index (χ1n) is 6.71. The van der Waals surface area contributed by atoms with Gasteiger partial charge in [-0.05, 0) is 31.2 Å². The lowest BCUT2D eigenvalue weighted by Gasteiger charge is -2.13. The molecule has 2 amide bonds. The Balaban J connectivity index is 1.83. The molecule has 1 aromatic carbocycles. The Bertz CT molecular complexity index is 599. The Kier molecular flexibility index (Phi) is 5.04.